The van der Waals surface area contributed by atoms with Crippen LogP contribution in [-0.2, 0) is 11.3 Å². The van der Waals surface area contributed by atoms with Crippen LogP contribution in [0.4, 0.5) is 10.6 Å². The lowest BCUT2D eigenvalue weighted by molar-refractivity contribution is 0.0508. The van der Waals surface area contributed by atoms with E-state index in [4.69, 9.17) is 4.74 Å². The van der Waals surface area contributed by atoms with Gasteiger partial charge in [0.15, 0.2) is 5.82 Å². The number of rotatable bonds is 5. The van der Waals surface area contributed by atoms with Gasteiger partial charge in [-0.25, -0.2) is 4.79 Å². The number of carbonyl (C=O) groups excluding carboxylic acids is 2. The molecule has 2 aromatic heterocycles. The van der Waals surface area contributed by atoms with E-state index in [1.165, 1.54) is 5.56 Å². The SMILES string of the molecule is CC(CN(C)C)OC(=O)N1Cc2c(NC(=O)c3ccccn3)n[nH]c2C1C.Cc1ccccc1. The second-order valence-corrected chi connectivity index (χ2v) is 8.55. The normalized spacial score (nSPS) is 15.2. The van der Waals surface area contributed by atoms with E-state index >= 15 is 0 Å². The maximum atomic E-state index is 12.5. The Hall–Kier alpha value is -3.72. The lowest BCUT2D eigenvalue weighted by Crippen LogP contribution is -2.35. The number of anilines is 1. The van der Waals surface area contributed by atoms with Crippen LogP contribution in [0.25, 0.3) is 0 Å². The average molecular weight is 465 g/mol. The molecule has 0 bridgehead atoms. The highest BCUT2D eigenvalue weighted by Gasteiger charge is 2.36. The van der Waals surface area contributed by atoms with Crippen LogP contribution in [-0.4, -0.2) is 63.7 Å². The Morgan fingerprint density at radius 2 is 1.91 bits per heavy atom. The van der Waals surface area contributed by atoms with Crippen LogP contribution in [0.1, 0.15) is 47.2 Å². The minimum absolute atomic E-state index is 0.216. The summed E-state index contributed by atoms with van der Waals surface area (Å²) < 4.78 is 5.52. The predicted molar refractivity (Wildman–Crippen MR) is 130 cm³/mol. The molecule has 3 heterocycles. The lowest BCUT2D eigenvalue weighted by Gasteiger charge is -2.25. The molecular weight excluding hydrogens is 432 g/mol. The zero-order valence-electron chi connectivity index (χ0n) is 20.3. The van der Waals surface area contributed by atoms with E-state index in [-0.39, 0.29) is 24.1 Å². The number of aromatic nitrogens is 3. The first kappa shape index (κ1) is 24.9. The largest absolute Gasteiger partial charge is 0.445 e. The van der Waals surface area contributed by atoms with Gasteiger partial charge >= 0.3 is 6.09 Å². The number of nitrogens with one attached hydrogen (secondary N) is 2. The summed E-state index contributed by atoms with van der Waals surface area (Å²) >= 11 is 0. The Balaban J connectivity index is 0.000000396. The van der Waals surface area contributed by atoms with Gasteiger partial charge in [0.25, 0.3) is 5.91 Å². The second-order valence-electron chi connectivity index (χ2n) is 8.55. The molecule has 34 heavy (non-hydrogen) atoms. The van der Waals surface area contributed by atoms with Crippen LogP contribution < -0.4 is 5.32 Å². The number of ether oxygens (including phenoxy) is 1. The van der Waals surface area contributed by atoms with E-state index in [9.17, 15) is 9.59 Å². The minimum atomic E-state index is -0.386. The summed E-state index contributed by atoms with van der Waals surface area (Å²) in [7, 11) is 3.85. The number of benzene rings is 1. The van der Waals surface area contributed by atoms with E-state index in [2.05, 4.69) is 39.6 Å². The number of likely N-dealkylation sites (N-methyl/N-ethyl adjacent to an activating group) is 1. The van der Waals surface area contributed by atoms with Crippen molar-refractivity contribution in [1.82, 2.24) is 25.0 Å². The molecule has 4 rings (SSSR count). The number of nitrogens with zero attached hydrogens (tertiary/aromatic N) is 4. The molecule has 0 saturated carbocycles. The van der Waals surface area contributed by atoms with Crippen LogP contribution >= 0.6 is 0 Å². The first-order chi connectivity index (χ1) is 16.3. The molecule has 2 N–H and O–H groups in total. The van der Waals surface area contributed by atoms with Gasteiger partial charge in [0.05, 0.1) is 18.3 Å². The van der Waals surface area contributed by atoms with Gasteiger partial charge in [-0.3, -0.25) is 19.8 Å². The third-order valence-electron chi connectivity index (χ3n) is 5.34. The van der Waals surface area contributed by atoms with Crippen molar-refractivity contribution >= 4 is 17.8 Å². The van der Waals surface area contributed by atoms with Crippen molar-refractivity contribution in [2.45, 2.75) is 39.5 Å². The Labute approximate surface area is 200 Å². The van der Waals surface area contributed by atoms with Crippen molar-refractivity contribution in [3.63, 3.8) is 0 Å². The Morgan fingerprint density at radius 1 is 1.21 bits per heavy atom. The lowest BCUT2D eigenvalue weighted by atomic mass is 10.2. The molecule has 0 saturated heterocycles. The zero-order chi connectivity index (χ0) is 24.7. The van der Waals surface area contributed by atoms with Crippen molar-refractivity contribution in [2.75, 3.05) is 26.0 Å². The van der Waals surface area contributed by atoms with E-state index in [0.29, 0.717) is 24.6 Å². The third kappa shape index (κ3) is 6.41. The van der Waals surface area contributed by atoms with E-state index in [1.54, 1.807) is 29.3 Å². The Bertz CT molecular complexity index is 1080. The van der Waals surface area contributed by atoms with Crippen molar-refractivity contribution in [3.8, 4) is 0 Å². The highest BCUT2D eigenvalue weighted by molar-refractivity contribution is 6.02. The van der Waals surface area contributed by atoms with Gasteiger partial charge in [-0.2, -0.15) is 5.10 Å². The number of carbonyl (C=O) groups is 2. The van der Waals surface area contributed by atoms with Crippen LogP contribution in [0.15, 0.2) is 54.7 Å². The predicted octanol–water partition coefficient (Wildman–Crippen LogP) is 4.02. The number of hydrogen-bond donors (Lipinski definition) is 2. The topological polar surface area (TPSA) is 103 Å². The number of H-pyrrole nitrogens is 1. The number of fused-ring (bicyclic) bond motifs is 1. The molecule has 2 atom stereocenters. The Morgan fingerprint density at radius 3 is 2.50 bits per heavy atom. The minimum Gasteiger partial charge on any atom is -0.445 e. The molecule has 0 fully saturated rings. The fourth-order valence-corrected chi connectivity index (χ4v) is 3.67. The number of amides is 2. The number of hydrogen-bond acceptors (Lipinski definition) is 6. The summed E-state index contributed by atoms with van der Waals surface area (Å²) in [5.41, 5.74) is 3.20. The molecule has 180 valence electrons. The second kappa shape index (κ2) is 11.4. The summed E-state index contributed by atoms with van der Waals surface area (Å²) in [6, 6.07) is 15.2. The van der Waals surface area contributed by atoms with Crippen LogP contribution in [0.2, 0.25) is 0 Å². The smallest absolute Gasteiger partial charge is 0.410 e. The number of pyridine rings is 1. The molecule has 0 aliphatic carbocycles. The van der Waals surface area contributed by atoms with E-state index in [0.717, 1.165) is 11.3 Å². The van der Waals surface area contributed by atoms with Crippen molar-refractivity contribution < 1.29 is 14.3 Å². The summed E-state index contributed by atoms with van der Waals surface area (Å²) in [6.07, 6.45) is 0.946. The van der Waals surface area contributed by atoms with Crippen LogP contribution in [0, 0.1) is 6.92 Å². The zero-order valence-corrected chi connectivity index (χ0v) is 20.3. The van der Waals surface area contributed by atoms with Gasteiger partial charge in [-0.05, 0) is 47.0 Å². The number of aryl methyl sites for hydroxylation is 1. The van der Waals surface area contributed by atoms with Crippen LogP contribution in [0.5, 0.6) is 0 Å². The van der Waals surface area contributed by atoms with Gasteiger partial charge in [-0.15, -0.1) is 0 Å². The molecule has 1 aromatic carbocycles. The van der Waals surface area contributed by atoms with E-state index in [1.807, 2.05) is 51.0 Å². The summed E-state index contributed by atoms with van der Waals surface area (Å²) in [4.78, 5) is 32.4. The maximum absolute atomic E-state index is 12.5. The van der Waals surface area contributed by atoms with Crippen molar-refractivity contribution in [3.05, 3.63) is 77.2 Å². The molecule has 1 aliphatic heterocycles. The quantitative estimate of drug-likeness (QED) is 0.591. The van der Waals surface area contributed by atoms with Gasteiger partial charge in [0.1, 0.15) is 11.8 Å². The summed E-state index contributed by atoms with van der Waals surface area (Å²) in [5.74, 6) is 0.0577. The number of aromatic amines is 1. The highest BCUT2D eigenvalue weighted by atomic mass is 16.6. The average Bonchev–Trinajstić information content (AvgIpc) is 3.35. The fourth-order valence-electron chi connectivity index (χ4n) is 3.67. The summed E-state index contributed by atoms with van der Waals surface area (Å²) in [6.45, 7) is 6.80. The molecule has 0 spiro atoms. The third-order valence-corrected chi connectivity index (χ3v) is 5.34. The molecule has 2 amide bonds. The standard InChI is InChI=1S/C18H24N6O3.C7H8/c1-11(9-23(3)4)27-18(26)24-10-13-15(12(24)2)21-22-16(13)20-17(25)14-7-5-6-8-19-14;1-7-5-3-2-4-6-7/h5-8,11-12H,9-10H2,1-4H3,(H2,20,21,22,25);2-6H,1H3. The highest BCUT2D eigenvalue weighted by Crippen LogP contribution is 2.36. The first-order valence-electron chi connectivity index (χ1n) is 11.2. The molecule has 2 unspecified atom stereocenters. The van der Waals surface area contributed by atoms with Crippen LogP contribution in [0.3, 0.4) is 0 Å². The monoisotopic (exact) mass is 464 g/mol. The fraction of sp³-hybridized carbons (Fsp3) is 0.360. The van der Waals surface area contributed by atoms with Gasteiger partial charge < -0.3 is 15.0 Å². The van der Waals surface area contributed by atoms with Crippen molar-refractivity contribution in [2.24, 2.45) is 0 Å². The molecular formula is C25H32N6O3. The van der Waals surface area contributed by atoms with Crippen molar-refractivity contribution in [1.29, 1.82) is 0 Å². The van der Waals surface area contributed by atoms with Gasteiger partial charge in [0.2, 0.25) is 0 Å². The first-order valence-corrected chi connectivity index (χ1v) is 11.2. The van der Waals surface area contributed by atoms with Gasteiger partial charge in [0, 0.05) is 18.3 Å². The van der Waals surface area contributed by atoms with Gasteiger partial charge in [-0.1, -0.05) is 42.0 Å². The molecule has 0 radical (unpaired) electrons. The summed E-state index contributed by atoms with van der Waals surface area (Å²) in [5, 5.41) is 9.85. The maximum Gasteiger partial charge on any atom is 0.410 e. The molecule has 9 nitrogen and oxygen atoms in total. The Kier molecular flexibility index (Phi) is 8.37. The molecule has 9 heteroatoms. The molecule has 3 aromatic rings. The molecule has 1 aliphatic rings. The van der Waals surface area contributed by atoms with E-state index < -0.39 is 0 Å².